The van der Waals surface area contributed by atoms with Crippen molar-refractivity contribution in [2.45, 2.75) is 105 Å². The van der Waals surface area contributed by atoms with Gasteiger partial charge in [0.2, 0.25) is 0 Å². The zero-order chi connectivity index (χ0) is 26.7. The molecule has 5 rings (SSSR count). The second-order valence-corrected chi connectivity index (χ2v) is 16.1. The first-order valence-corrected chi connectivity index (χ1v) is 14.9. The standard InChI is InChI=1S/C31H45BrO4/c1-26(2)22-9-10-31(7)23(29(22,5)17-20(32)24(26)34)21(33)15-18-19-16-28(4,25(35)36-8)12-11-27(19,3)13-14-30(18,31)6/h15,19-20,22-23H,9-14,16-17H2,1-8H3/t19-,20+,22-,23-,27-,28+,29+,30-,31-/m1/s1. The molecule has 4 fully saturated rings. The number of ketones is 2. The summed E-state index contributed by atoms with van der Waals surface area (Å²) in [7, 11) is 1.49. The first-order chi connectivity index (χ1) is 16.5. The number of esters is 1. The van der Waals surface area contributed by atoms with Crippen molar-refractivity contribution >= 4 is 33.5 Å². The average molecular weight is 562 g/mol. The van der Waals surface area contributed by atoms with Gasteiger partial charge >= 0.3 is 5.97 Å². The van der Waals surface area contributed by atoms with Gasteiger partial charge < -0.3 is 4.74 Å². The summed E-state index contributed by atoms with van der Waals surface area (Å²) in [5.74, 6) is 0.764. The predicted molar refractivity (Wildman–Crippen MR) is 145 cm³/mol. The fraction of sp³-hybridized carbons (Fsp3) is 0.839. The summed E-state index contributed by atoms with van der Waals surface area (Å²) in [5, 5.41) is 0. The van der Waals surface area contributed by atoms with Crippen LogP contribution in [0.4, 0.5) is 0 Å². The van der Waals surface area contributed by atoms with E-state index in [9.17, 15) is 14.4 Å². The summed E-state index contributed by atoms with van der Waals surface area (Å²) in [4.78, 5) is 40.2. The van der Waals surface area contributed by atoms with E-state index in [0.717, 1.165) is 51.4 Å². The Morgan fingerprint density at radius 3 is 2.22 bits per heavy atom. The molecule has 36 heavy (non-hydrogen) atoms. The monoisotopic (exact) mass is 560 g/mol. The van der Waals surface area contributed by atoms with Crippen LogP contribution < -0.4 is 0 Å². The molecule has 4 saturated carbocycles. The normalized spacial score (nSPS) is 51.8. The van der Waals surface area contributed by atoms with Crippen LogP contribution in [0.2, 0.25) is 0 Å². The maximum Gasteiger partial charge on any atom is 0.311 e. The summed E-state index contributed by atoms with van der Waals surface area (Å²) in [6, 6.07) is 0. The Balaban J connectivity index is 1.63. The van der Waals surface area contributed by atoms with E-state index in [2.05, 4.69) is 64.4 Å². The number of hydrogen-bond acceptors (Lipinski definition) is 4. The van der Waals surface area contributed by atoms with Gasteiger partial charge in [-0.05, 0) is 97.9 Å². The lowest BCUT2D eigenvalue weighted by molar-refractivity contribution is -0.187. The maximum atomic E-state index is 14.4. The Morgan fingerprint density at radius 1 is 0.944 bits per heavy atom. The lowest BCUT2D eigenvalue weighted by Gasteiger charge is -2.70. The quantitative estimate of drug-likeness (QED) is 0.254. The van der Waals surface area contributed by atoms with Crippen LogP contribution in [0.1, 0.15) is 99.8 Å². The van der Waals surface area contributed by atoms with E-state index in [1.54, 1.807) is 0 Å². The number of alkyl halides is 1. The van der Waals surface area contributed by atoms with Crippen LogP contribution in [-0.2, 0) is 19.1 Å². The van der Waals surface area contributed by atoms with Crippen LogP contribution in [0.15, 0.2) is 11.6 Å². The van der Waals surface area contributed by atoms with Crippen LogP contribution in [0.25, 0.3) is 0 Å². The van der Waals surface area contributed by atoms with Gasteiger partial charge in [-0.3, -0.25) is 14.4 Å². The Bertz CT molecular complexity index is 1060. The van der Waals surface area contributed by atoms with Gasteiger partial charge in [0.25, 0.3) is 0 Å². The molecule has 0 amide bonds. The number of carbonyl (C=O) groups is 3. The molecule has 0 saturated heterocycles. The SMILES string of the molecule is COC(=O)[C@@]1(C)CC[C@]2(C)CC[C@]3(C)C(=CC(=O)[C@@H]4[C@@]5(C)C[C@H](Br)C(=O)C(C)(C)[C@H]5CC[C@]43C)[C@H]2C1. The maximum absolute atomic E-state index is 14.4. The van der Waals surface area contributed by atoms with E-state index in [4.69, 9.17) is 4.74 Å². The topological polar surface area (TPSA) is 60.4 Å². The van der Waals surface area contributed by atoms with Gasteiger partial charge in [0.15, 0.2) is 11.6 Å². The molecule has 0 bridgehead atoms. The van der Waals surface area contributed by atoms with Crippen molar-refractivity contribution in [3.8, 4) is 0 Å². The van der Waals surface area contributed by atoms with Gasteiger partial charge in [0, 0.05) is 11.3 Å². The van der Waals surface area contributed by atoms with E-state index < -0.39 is 10.8 Å². The molecule has 200 valence electrons. The van der Waals surface area contributed by atoms with Crippen LogP contribution in [0, 0.1) is 50.2 Å². The highest BCUT2D eigenvalue weighted by molar-refractivity contribution is 9.10. The molecule has 5 aliphatic rings. The molecule has 5 aliphatic carbocycles. The molecule has 0 aliphatic heterocycles. The van der Waals surface area contributed by atoms with E-state index >= 15 is 0 Å². The molecule has 9 atom stereocenters. The lowest BCUT2D eigenvalue weighted by atomic mass is 9.33. The van der Waals surface area contributed by atoms with Crippen molar-refractivity contribution in [2.75, 3.05) is 7.11 Å². The minimum Gasteiger partial charge on any atom is -0.469 e. The fourth-order valence-corrected chi connectivity index (χ4v) is 11.8. The summed E-state index contributed by atoms with van der Waals surface area (Å²) in [5.41, 5.74) is -0.00477. The van der Waals surface area contributed by atoms with Gasteiger partial charge in [-0.1, -0.05) is 63.0 Å². The highest BCUT2D eigenvalue weighted by atomic mass is 79.9. The molecule has 5 heteroatoms. The van der Waals surface area contributed by atoms with Crippen molar-refractivity contribution in [3.63, 3.8) is 0 Å². The number of rotatable bonds is 1. The third-order valence-corrected chi connectivity index (χ3v) is 13.7. The summed E-state index contributed by atoms with van der Waals surface area (Å²) < 4.78 is 5.25. The number of halogens is 1. The second kappa shape index (κ2) is 7.79. The van der Waals surface area contributed by atoms with E-state index in [1.165, 1.54) is 12.7 Å². The third-order valence-electron chi connectivity index (χ3n) is 12.9. The number of allylic oxidation sites excluding steroid dienone is 2. The summed E-state index contributed by atoms with van der Waals surface area (Å²) >= 11 is 3.73. The van der Waals surface area contributed by atoms with Crippen LogP contribution in [-0.4, -0.2) is 29.5 Å². The number of carbonyl (C=O) groups excluding carboxylic acids is 3. The van der Waals surface area contributed by atoms with Crippen LogP contribution in [0.5, 0.6) is 0 Å². The molecule has 0 N–H and O–H groups in total. The van der Waals surface area contributed by atoms with Crippen molar-refractivity contribution in [1.82, 2.24) is 0 Å². The lowest BCUT2D eigenvalue weighted by Crippen LogP contribution is -2.67. The molecule has 0 aromatic carbocycles. The largest absolute Gasteiger partial charge is 0.469 e. The minimum atomic E-state index is -0.501. The molecule has 0 unspecified atom stereocenters. The fourth-order valence-electron chi connectivity index (χ4n) is 10.5. The van der Waals surface area contributed by atoms with Crippen molar-refractivity contribution in [1.29, 1.82) is 0 Å². The Hall–Kier alpha value is -0.970. The first-order valence-electron chi connectivity index (χ1n) is 14.0. The van der Waals surface area contributed by atoms with Crippen molar-refractivity contribution in [2.24, 2.45) is 50.2 Å². The molecular formula is C31H45BrO4. The van der Waals surface area contributed by atoms with Crippen molar-refractivity contribution in [3.05, 3.63) is 11.6 Å². The number of methoxy groups -OCH3 is 1. The van der Waals surface area contributed by atoms with E-state index in [-0.39, 0.29) is 61.8 Å². The van der Waals surface area contributed by atoms with Crippen LogP contribution >= 0.6 is 15.9 Å². The molecule has 0 spiro atoms. The predicted octanol–water partition coefficient (Wildman–Crippen LogP) is 7.08. The van der Waals surface area contributed by atoms with E-state index in [0.29, 0.717) is 0 Å². The number of Topliss-reactive ketones (excluding diaryl/α,β-unsaturated/α-hetero) is 1. The van der Waals surface area contributed by atoms with Crippen LogP contribution in [0.3, 0.4) is 0 Å². The highest BCUT2D eigenvalue weighted by Gasteiger charge is 2.71. The van der Waals surface area contributed by atoms with E-state index in [1.807, 2.05) is 6.08 Å². The van der Waals surface area contributed by atoms with Gasteiger partial charge in [-0.15, -0.1) is 0 Å². The van der Waals surface area contributed by atoms with Crippen molar-refractivity contribution < 1.29 is 19.1 Å². The first kappa shape index (κ1) is 26.6. The average Bonchev–Trinajstić information content (AvgIpc) is 2.79. The smallest absolute Gasteiger partial charge is 0.311 e. The van der Waals surface area contributed by atoms with Gasteiger partial charge in [0.1, 0.15) is 0 Å². The summed E-state index contributed by atoms with van der Waals surface area (Å²) in [6.07, 6.45) is 9.54. The minimum absolute atomic E-state index is 0.0918. The number of fused-ring (bicyclic) bond motifs is 7. The molecule has 0 aromatic heterocycles. The zero-order valence-corrected chi connectivity index (χ0v) is 25.1. The molecule has 0 aromatic rings. The zero-order valence-electron chi connectivity index (χ0n) is 23.6. The number of ether oxygens (including phenoxy) is 1. The molecule has 0 radical (unpaired) electrons. The third kappa shape index (κ3) is 3.13. The molecular weight excluding hydrogens is 516 g/mol. The summed E-state index contributed by atoms with van der Waals surface area (Å²) in [6.45, 7) is 15.8. The second-order valence-electron chi connectivity index (χ2n) is 15.0. The Morgan fingerprint density at radius 2 is 1.58 bits per heavy atom. The van der Waals surface area contributed by atoms with Gasteiger partial charge in [-0.25, -0.2) is 0 Å². The number of hydrogen-bond donors (Lipinski definition) is 0. The van der Waals surface area contributed by atoms with Gasteiger partial charge in [0.05, 0.1) is 17.4 Å². The van der Waals surface area contributed by atoms with Gasteiger partial charge in [-0.2, -0.15) is 0 Å². The Kier molecular flexibility index (Phi) is 5.76. The molecule has 0 heterocycles. The highest BCUT2D eigenvalue weighted by Crippen LogP contribution is 2.75. The molecule has 4 nitrogen and oxygen atoms in total. The Labute approximate surface area is 225 Å².